The molecule has 158 valence electrons. The number of nitrogens with zero attached hydrogens (tertiary/aromatic N) is 3. The van der Waals surface area contributed by atoms with E-state index < -0.39 is 0 Å². The molecule has 0 spiro atoms. The summed E-state index contributed by atoms with van der Waals surface area (Å²) in [5, 5.41) is 8.82. The molecule has 0 radical (unpaired) electrons. The van der Waals surface area contributed by atoms with Crippen molar-refractivity contribution < 1.29 is 9.13 Å². The molecule has 1 aromatic carbocycles. The zero-order valence-corrected chi connectivity index (χ0v) is 17.5. The van der Waals surface area contributed by atoms with Gasteiger partial charge in [-0.2, -0.15) is 5.10 Å². The molecule has 0 bridgehead atoms. The Bertz CT molecular complexity index is 810. The summed E-state index contributed by atoms with van der Waals surface area (Å²) in [5.74, 6) is -0.263. The van der Waals surface area contributed by atoms with Gasteiger partial charge in [0.15, 0.2) is 0 Å². The number of rotatable bonds is 5. The van der Waals surface area contributed by atoms with Crippen molar-refractivity contribution in [1.82, 2.24) is 15.1 Å². The molecule has 6 nitrogen and oxygen atoms in total. The summed E-state index contributed by atoms with van der Waals surface area (Å²) < 4.78 is 21.9. The molecule has 29 heavy (non-hydrogen) atoms. The van der Waals surface area contributed by atoms with Crippen LogP contribution < -0.4 is 16.0 Å². The van der Waals surface area contributed by atoms with Gasteiger partial charge in [-0.15, -0.1) is 0 Å². The highest BCUT2D eigenvalue weighted by Gasteiger charge is 2.26. The first-order valence-electron chi connectivity index (χ1n) is 10.4. The average molecular weight is 422 g/mol. The van der Waals surface area contributed by atoms with Gasteiger partial charge in [0.25, 0.3) is 0 Å². The number of piperidine rings is 1. The van der Waals surface area contributed by atoms with Crippen LogP contribution >= 0.6 is 11.6 Å². The number of hydrogen-bond donors (Lipinski definition) is 2. The molecular formula is C21H29ClFN5O. The first-order chi connectivity index (χ1) is 14.0. The number of para-hydroxylation sites is 1. The van der Waals surface area contributed by atoms with Crippen LogP contribution in [-0.2, 0) is 4.74 Å². The van der Waals surface area contributed by atoms with Gasteiger partial charge < -0.3 is 20.7 Å². The lowest BCUT2D eigenvalue weighted by atomic mass is 10.0. The maximum atomic E-state index is 14.2. The molecule has 3 N–H and O–H groups in total. The van der Waals surface area contributed by atoms with Crippen LogP contribution in [0.1, 0.15) is 57.0 Å². The summed E-state index contributed by atoms with van der Waals surface area (Å²) in [5.41, 5.74) is 8.30. The van der Waals surface area contributed by atoms with Crippen molar-refractivity contribution in [2.75, 3.05) is 30.3 Å². The van der Waals surface area contributed by atoms with Crippen molar-refractivity contribution in [3.63, 3.8) is 0 Å². The molecule has 3 heterocycles. The van der Waals surface area contributed by atoms with Gasteiger partial charge in [0.2, 0.25) is 0 Å². The standard InChI is InChI=1S/C21H29ClFN5O/c1-14(20-18(24)13-28(26-20)19-7-2-3-12-29-19)25-15-8-10-27(11-9-15)21-16(22)5-4-6-17(21)23/h4-6,13-15,19,25H,2-3,7-12,24H2,1H3. The number of anilines is 2. The van der Waals surface area contributed by atoms with Crippen LogP contribution in [0.2, 0.25) is 5.02 Å². The summed E-state index contributed by atoms with van der Waals surface area (Å²) in [6.07, 6.45) is 6.90. The molecule has 8 heteroatoms. The minimum absolute atomic E-state index is 0.0132. The highest BCUT2D eigenvalue weighted by Crippen LogP contribution is 2.32. The number of benzene rings is 1. The summed E-state index contributed by atoms with van der Waals surface area (Å²) in [6, 6.07) is 5.19. The van der Waals surface area contributed by atoms with E-state index in [0.29, 0.717) is 22.4 Å². The third kappa shape index (κ3) is 4.52. The van der Waals surface area contributed by atoms with E-state index in [9.17, 15) is 4.39 Å². The van der Waals surface area contributed by atoms with E-state index in [0.717, 1.165) is 57.5 Å². The Kier molecular flexibility index (Phi) is 6.27. The summed E-state index contributed by atoms with van der Waals surface area (Å²) >= 11 is 6.22. The second-order valence-corrected chi connectivity index (χ2v) is 8.40. The zero-order chi connectivity index (χ0) is 20.4. The molecule has 1 aromatic heterocycles. The molecule has 0 amide bonds. The highest BCUT2D eigenvalue weighted by atomic mass is 35.5. The maximum Gasteiger partial charge on any atom is 0.150 e. The number of ether oxygens (including phenoxy) is 1. The summed E-state index contributed by atoms with van der Waals surface area (Å²) in [4.78, 5) is 2.03. The molecule has 2 aliphatic rings. The van der Waals surface area contributed by atoms with E-state index >= 15 is 0 Å². The topological polar surface area (TPSA) is 68.3 Å². The molecule has 0 saturated carbocycles. The lowest BCUT2D eigenvalue weighted by molar-refractivity contribution is -0.0397. The van der Waals surface area contributed by atoms with Crippen LogP contribution in [0.5, 0.6) is 0 Å². The fourth-order valence-corrected chi connectivity index (χ4v) is 4.61. The van der Waals surface area contributed by atoms with E-state index in [1.807, 2.05) is 15.8 Å². The number of hydrogen-bond acceptors (Lipinski definition) is 5. The van der Waals surface area contributed by atoms with Crippen LogP contribution in [0.25, 0.3) is 0 Å². The zero-order valence-electron chi connectivity index (χ0n) is 16.8. The minimum Gasteiger partial charge on any atom is -0.396 e. The van der Waals surface area contributed by atoms with Crippen molar-refractivity contribution >= 4 is 23.0 Å². The summed E-state index contributed by atoms with van der Waals surface area (Å²) in [6.45, 7) is 4.37. The number of aromatic nitrogens is 2. The second kappa shape index (κ2) is 8.90. The largest absolute Gasteiger partial charge is 0.396 e. The first kappa shape index (κ1) is 20.4. The molecule has 2 saturated heterocycles. The Morgan fingerprint density at radius 1 is 1.28 bits per heavy atom. The number of nitrogen functional groups attached to an aromatic ring is 1. The van der Waals surface area contributed by atoms with Crippen LogP contribution in [0.15, 0.2) is 24.4 Å². The van der Waals surface area contributed by atoms with E-state index in [1.165, 1.54) is 6.07 Å². The van der Waals surface area contributed by atoms with Gasteiger partial charge in [-0.1, -0.05) is 17.7 Å². The van der Waals surface area contributed by atoms with Gasteiger partial charge in [-0.25, -0.2) is 9.07 Å². The Balaban J connectivity index is 1.35. The van der Waals surface area contributed by atoms with Gasteiger partial charge >= 0.3 is 0 Å². The first-order valence-corrected chi connectivity index (χ1v) is 10.8. The Morgan fingerprint density at radius 3 is 2.76 bits per heavy atom. The van der Waals surface area contributed by atoms with E-state index in [4.69, 9.17) is 27.2 Å². The normalized spacial score (nSPS) is 22.0. The lowest BCUT2D eigenvalue weighted by Gasteiger charge is -2.35. The second-order valence-electron chi connectivity index (χ2n) is 7.99. The summed E-state index contributed by atoms with van der Waals surface area (Å²) in [7, 11) is 0. The fraction of sp³-hybridized carbons (Fsp3) is 0.571. The van der Waals surface area contributed by atoms with E-state index in [2.05, 4.69) is 12.2 Å². The van der Waals surface area contributed by atoms with Crippen molar-refractivity contribution in [2.45, 2.75) is 57.3 Å². The van der Waals surface area contributed by atoms with Gasteiger partial charge in [0, 0.05) is 25.7 Å². The monoisotopic (exact) mass is 421 g/mol. The van der Waals surface area contributed by atoms with Crippen LogP contribution in [-0.4, -0.2) is 35.5 Å². The smallest absolute Gasteiger partial charge is 0.150 e. The number of halogens is 2. The van der Waals surface area contributed by atoms with Crippen LogP contribution in [0, 0.1) is 5.82 Å². The van der Waals surface area contributed by atoms with Gasteiger partial charge in [-0.05, 0) is 51.2 Å². The molecule has 2 atom stereocenters. The average Bonchev–Trinajstić information content (AvgIpc) is 3.12. The minimum atomic E-state index is -0.263. The molecular weight excluding hydrogens is 393 g/mol. The predicted octanol–water partition coefficient (Wildman–Crippen LogP) is 4.28. The van der Waals surface area contributed by atoms with E-state index in [1.54, 1.807) is 12.1 Å². The SMILES string of the molecule is CC(NC1CCN(c2c(F)cccc2Cl)CC1)c1nn(C2CCCCO2)cc1N. The van der Waals surface area contributed by atoms with Crippen molar-refractivity contribution in [3.05, 3.63) is 40.9 Å². The van der Waals surface area contributed by atoms with Crippen LogP contribution in [0.3, 0.4) is 0 Å². The molecule has 2 aromatic rings. The molecule has 2 aliphatic heterocycles. The molecule has 2 unspecified atom stereocenters. The predicted molar refractivity (Wildman–Crippen MR) is 114 cm³/mol. The highest BCUT2D eigenvalue weighted by molar-refractivity contribution is 6.33. The maximum absolute atomic E-state index is 14.2. The van der Waals surface area contributed by atoms with Gasteiger partial charge in [0.1, 0.15) is 17.7 Å². The Morgan fingerprint density at radius 2 is 2.07 bits per heavy atom. The third-order valence-electron chi connectivity index (χ3n) is 5.89. The van der Waals surface area contributed by atoms with E-state index in [-0.39, 0.29) is 18.1 Å². The third-order valence-corrected chi connectivity index (χ3v) is 6.19. The lowest BCUT2D eigenvalue weighted by Crippen LogP contribution is -2.43. The Labute approximate surface area is 176 Å². The molecule has 0 aliphatic carbocycles. The number of nitrogens with two attached hydrogens (primary N) is 1. The Hall–Kier alpha value is -1.83. The van der Waals surface area contributed by atoms with Crippen molar-refractivity contribution in [1.29, 1.82) is 0 Å². The number of nitrogens with one attached hydrogen (secondary N) is 1. The fourth-order valence-electron chi connectivity index (χ4n) is 4.33. The van der Waals surface area contributed by atoms with Crippen LogP contribution in [0.4, 0.5) is 15.8 Å². The van der Waals surface area contributed by atoms with Gasteiger partial charge in [0.05, 0.1) is 28.6 Å². The molecule has 2 fully saturated rings. The molecule has 4 rings (SSSR count). The van der Waals surface area contributed by atoms with Crippen molar-refractivity contribution in [2.24, 2.45) is 0 Å². The van der Waals surface area contributed by atoms with Crippen molar-refractivity contribution in [3.8, 4) is 0 Å². The van der Waals surface area contributed by atoms with Gasteiger partial charge in [-0.3, -0.25) is 0 Å². The quantitative estimate of drug-likeness (QED) is 0.754.